The molecule has 4 rings (SSSR count). The lowest BCUT2D eigenvalue weighted by Crippen LogP contribution is -2.41. The fourth-order valence-electron chi connectivity index (χ4n) is 3.53. The van der Waals surface area contributed by atoms with Crippen LogP contribution in [0.25, 0.3) is 21.9 Å². The summed E-state index contributed by atoms with van der Waals surface area (Å²) in [6.07, 6.45) is 0. The van der Waals surface area contributed by atoms with Crippen LogP contribution in [-0.2, 0) is 14.7 Å². The van der Waals surface area contributed by atoms with Crippen molar-refractivity contribution in [3.05, 3.63) is 42.0 Å². The number of rotatable bonds is 1. The third-order valence-corrected chi connectivity index (χ3v) is 5.86. The molecule has 1 fully saturated rings. The second-order valence-electron chi connectivity index (χ2n) is 9.38. The summed E-state index contributed by atoms with van der Waals surface area (Å²) in [6.45, 7) is 14.9. The first-order chi connectivity index (χ1) is 12.0. The van der Waals surface area contributed by atoms with E-state index in [1.165, 1.54) is 5.56 Å². The molecule has 2 heterocycles. The zero-order valence-electron chi connectivity index (χ0n) is 16.8. The normalized spacial score (nSPS) is 19.6. The molecule has 0 atom stereocenters. The van der Waals surface area contributed by atoms with Crippen LogP contribution in [0.15, 0.2) is 40.8 Å². The van der Waals surface area contributed by atoms with E-state index >= 15 is 0 Å². The summed E-state index contributed by atoms with van der Waals surface area (Å²) >= 11 is 0. The molecular weight excluding hydrogens is 323 g/mol. The zero-order chi connectivity index (χ0) is 18.9. The predicted octanol–water partition coefficient (Wildman–Crippen LogP) is 5.18. The molecule has 1 aromatic heterocycles. The highest BCUT2D eigenvalue weighted by atomic mass is 16.7. The van der Waals surface area contributed by atoms with E-state index in [2.05, 4.69) is 84.9 Å². The SMILES string of the molecule is CC(C)(C)c1cccc2c1oc1cc(B3OC(C)(C)C(C)(C)O3)ccc12. The summed E-state index contributed by atoms with van der Waals surface area (Å²) < 4.78 is 18.7. The van der Waals surface area contributed by atoms with Crippen molar-refractivity contribution in [2.24, 2.45) is 0 Å². The average Bonchev–Trinajstić information content (AvgIpc) is 2.99. The van der Waals surface area contributed by atoms with Crippen LogP contribution in [0.3, 0.4) is 0 Å². The summed E-state index contributed by atoms with van der Waals surface area (Å²) in [6, 6.07) is 12.7. The van der Waals surface area contributed by atoms with Gasteiger partial charge in [-0.15, -0.1) is 0 Å². The Kier molecular flexibility index (Phi) is 3.64. The Hall–Kier alpha value is -1.78. The molecule has 0 N–H and O–H groups in total. The molecule has 1 aliphatic heterocycles. The van der Waals surface area contributed by atoms with Gasteiger partial charge in [-0.3, -0.25) is 0 Å². The van der Waals surface area contributed by atoms with E-state index in [9.17, 15) is 0 Å². The first-order valence-corrected chi connectivity index (χ1v) is 9.31. The number of hydrogen-bond donors (Lipinski definition) is 0. The van der Waals surface area contributed by atoms with E-state index in [1.54, 1.807) is 0 Å². The Morgan fingerprint density at radius 1 is 0.846 bits per heavy atom. The van der Waals surface area contributed by atoms with E-state index in [0.29, 0.717) is 0 Å². The van der Waals surface area contributed by atoms with Crippen LogP contribution < -0.4 is 5.46 Å². The molecule has 26 heavy (non-hydrogen) atoms. The van der Waals surface area contributed by atoms with Crippen molar-refractivity contribution in [1.82, 2.24) is 0 Å². The van der Waals surface area contributed by atoms with Crippen molar-refractivity contribution < 1.29 is 13.7 Å². The first-order valence-electron chi connectivity index (χ1n) is 9.31. The second kappa shape index (κ2) is 5.37. The molecule has 1 saturated heterocycles. The van der Waals surface area contributed by atoms with Crippen LogP contribution in [0.5, 0.6) is 0 Å². The topological polar surface area (TPSA) is 31.6 Å². The lowest BCUT2D eigenvalue weighted by atomic mass is 9.79. The quantitative estimate of drug-likeness (QED) is 0.567. The third-order valence-electron chi connectivity index (χ3n) is 5.86. The summed E-state index contributed by atoms with van der Waals surface area (Å²) in [7, 11) is -0.375. The molecule has 0 radical (unpaired) electrons. The number of furan rings is 1. The maximum atomic E-state index is 6.30. The smallest absolute Gasteiger partial charge is 0.456 e. The van der Waals surface area contributed by atoms with E-state index in [1.807, 2.05) is 0 Å². The van der Waals surface area contributed by atoms with Gasteiger partial charge >= 0.3 is 7.12 Å². The van der Waals surface area contributed by atoms with Gasteiger partial charge in [-0.05, 0) is 44.6 Å². The number of hydrogen-bond acceptors (Lipinski definition) is 3. The highest BCUT2D eigenvalue weighted by molar-refractivity contribution is 6.62. The van der Waals surface area contributed by atoms with Crippen LogP contribution in [-0.4, -0.2) is 18.3 Å². The predicted molar refractivity (Wildman–Crippen MR) is 108 cm³/mol. The minimum absolute atomic E-state index is 0.0297. The van der Waals surface area contributed by atoms with Gasteiger partial charge in [-0.25, -0.2) is 0 Å². The summed E-state index contributed by atoms with van der Waals surface area (Å²) in [5.41, 5.74) is 3.41. The van der Waals surface area contributed by atoms with Gasteiger partial charge in [-0.1, -0.05) is 51.1 Å². The Labute approximate surface area is 155 Å². The van der Waals surface area contributed by atoms with Crippen LogP contribution >= 0.6 is 0 Å². The Morgan fingerprint density at radius 2 is 1.50 bits per heavy atom. The van der Waals surface area contributed by atoms with Crippen molar-refractivity contribution in [3.63, 3.8) is 0 Å². The molecular formula is C22H27BO3. The van der Waals surface area contributed by atoms with Gasteiger partial charge in [0, 0.05) is 16.3 Å². The highest BCUT2D eigenvalue weighted by Crippen LogP contribution is 2.38. The molecule has 0 saturated carbocycles. The van der Waals surface area contributed by atoms with Crippen LogP contribution in [0.1, 0.15) is 54.0 Å². The van der Waals surface area contributed by atoms with Gasteiger partial charge in [0.05, 0.1) is 11.2 Å². The first kappa shape index (κ1) is 17.6. The summed E-state index contributed by atoms with van der Waals surface area (Å²) in [4.78, 5) is 0. The van der Waals surface area contributed by atoms with Crippen LogP contribution in [0.4, 0.5) is 0 Å². The van der Waals surface area contributed by atoms with Gasteiger partial charge < -0.3 is 13.7 Å². The Morgan fingerprint density at radius 3 is 2.12 bits per heavy atom. The number of benzene rings is 2. The van der Waals surface area contributed by atoms with Crippen molar-refractivity contribution in [2.75, 3.05) is 0 Å². The van der Waals surface area contributed by atoms with E-state index in [4.69, 9.17) is 13.7 Å². The van der Waals surface area contributed by atoms with Gasteiger partial charge in [0.25, 0.3) is 0 Å². The molecule has 0 bridgehead atoms. The van der Waals surface area contributed by atoms with Crippen LogP contribution in [0, 0.1) is 0 Å². The fourth-order valence-corrected chi connectivity index (χ4v) is 3.53. The van der Waals surface area contributed by atoms with Crippen molar-refractivity contribution in [2.45, 2.75) is 65.1 Å². The standard InChI is InChI=1S/C22H27BO3/c1-20(2,3)17-10-8-9-16-15-12-11-14(13-18(15)24-19(16)17)23-25-21(4,5)22(6,7)26-23/h8-13H,1-7H3. The summed E-state index contributed by atoms with van der Waals surface area (Å²) in [5.74, 6) is 0. The molecule has 3 nitrogen and oxygen atoms in total. The maximum Gasteiger partial charge on any atom is 0.494 e. The molecule has 3 aromatic rings. The number of para-hydroxylation sites is 1. The molecule has 4 heteroatoms. The van der Waals surface area contributed by atoms with E-state index < -0.39 is 0 Å². The fraction of sp³-hybridized carbons (Fsp3) is 0.455. The average molecular weight is 350 g/mol. The van der Waals surface area contributed by atoms with Gasteiger partial charge in [0.15, 0.2) is 0 Å². The van der Waals surface area contributed by atoms with Crippen molar-refractivity contribution in [3.8, 4) is 0 Å². The van der Waals surface area contributed by atoms with E-state index in [-0.39, 0.29) is 23.7 Å². The monoisotopic (exact) mass is 350 g/mol. The molecule has 0 amide bonds. The van der Waals surface area contributed by atoms with Crippen molar-refractivity contribution >= 4 is 34.5 Å². The lowest BCUT2D eigenvalue weighted by Gasteiger charge is -2.32. The zero-order valence-corrected chi connectivity index (χ0v) is 16.8. The molecule has 2 aromatic carbocycles. The van der Waals surface area contributed by atoms with Gasteiger partial charge in [-0.2, -0.15) is 0 Å². The Bertz CT molecular complexity index is 976. The lowest BCUT2D eigenvalue weighted by molar-refractivity contribution is 0.00578. The second-order valence-corrected chi connectivity index (χ2v) is 9.38. The molecule has 1 aliphatic rings. The largest absolute Gasteiger partial charge is 0.494 e. The minimum atomic E-state index is -0.375. The maximum absolute atomic E-state index is 6.30. The molecule has 136 valence electrons. The number of fused-ring (bicyclic) bond motifs is 3. The third kappa shape index (κ3) is 2.59. The summed E-state index contributed by atoms with van der Waals surface area (Å²) in [5, 5.41) is 2.29. The van der Waals surface area contributed by atoms with E-state index in [0.717, 1.165) is 27.4 Å². The molecule has 0 spiro atoms. The molecule has 0 aliphatic carbocycles. The van der Waals surface area contributed by atoms with Crippen molar-refractivity contribution in [1.29, 1.82) is 0 Å². The van der Waals surface area contributed by atoms with Gasteiger partial charge in [0.1, 0.15) is 11.2 Å². The highest BCUT2D eigenvalue weighted by Gasteiger charge is 2.51. The van der Waals surface area contributed by atoms with Crippen LogP contribution in [0.2, 0.25) is 0 Å². The van der Waals surface area contributed by atoms with Gasteiger partial charge in [0.2, 0.25) is 0 Å². The minimum Gasteiger partial charge on any atom is -0.456 e. The molecule has 0 unspecified atom stereocenters. The Balaban J connectivity index is 1.83.